The Hall–Kier alpha value is -4.25. The number of fused-ring (bicyclic) bond motifs is 2. The molecule has 3 aliphatic heterocycles. The number of nitrogens with zero attached hydrogens (tertiary/aromatic N) is 5. The molecular formula is C30H33N7O4. The standard InChI is InChI=1S/C30H33N7O4/c31-28(39)21-3-1-2-4-25(21)36-16-23-22(24(23)17-36)15-34-9-11-35(12-10-34)19-5-6-20-18(13-19)14-32-37(30(20)41)26-7-8-27(38)33-29(26)40/h1-6,13-14,22-24,26H,7-12,15-17H2,(H2,31,39)(H,33,38,40)/t22?,23-,24+,26?. The van der Waals surface area contributed by atoms with Crippen molar-refractivity contribution in [2.24, 2.45) is 23.5 Å². The van der Waals surface area contributed by atoms with E-state index in [-0.39, 0.29) is 30.2 Å². The third kappa shape index (κ3) is 4.63. The van der Waals surface area contributed by atoms with Gasteiger partial charge in [0.1, 0.15) is 6.04 Å². The Bertz CT molecular complexity index is 1600. The van der Waals surface area contributed by atoms with Gasteiger partial charge in [-0.15, -0.1) is 0 Å². The van der Waals surface area contributed by atoms with Gasteiger partial charge >= 0.3 is 0 Å². The molecule has 11 heteroatoms. The number of hydrogen-bond donors (Lipinski definition) is 2. The third-order valence-electron chi connectivity index (χ3n) is 9.39. The second-order valence-corrected chi connectivity index (χ2v) is 11.7. The van der Waals surface area contributed by atoms with E-state index >= 15 is 0 Å². The molecule has 0 spiro atoms. The van der Waals surface area contributed by atoms with Crippen LogP contribution in [-0.2, 0) is 9.59 Å². The molecule has 1 aromatic heterocycles. The molecule has 3 aromatic rings. The highest BCUT2D eigenvalue weighted by Crippen LogP contribution is 2.53. The van der Waals surface area contributed by atoms with Crippen molar-refractivity contribution in [2.75, 3.05) is 55.6 Å². The van der Waals surface area contributed by atoms with Crippen LogP contribution in [0.2, 0.25) is 0 Å². The van der Waals surface area contributed by atoms with Crippen LogP contribution in [0.4, 0.5) is 11.4 Å². The van der Waals surface area contributed by atoms with Crippen molar-refractivity contribution in [3.8, 4) is 0 Å². The number of imide groups is 1. The number of nitrogens with two attached hydrogens (primary N) is 1. The van der Waals surface area contributed by atoms with Crippen molar-refractivity contribution < 1.29 is 14.4 Å². The number of aromatic nitrogens is 2. The van der Waals surface area contributed by atoms with E-state index in [0.717, 1.165) is 62.6 Å². The van der Waals surface area contributed by atoms with Crippen LogP contribution in [0.3, 0.4) is 0 Å². The fourth-order valence-corrected chi connectivity index (χ4v) is 7.05. The van der Waals surface area contributed by atoms with Crippen molar-refractivity contribution in [2.45, 2.75) is 18.9 Å². The third-order valence-corrected chi connectivity index (χ3v) is 9.39. The minimum absolute atomic E-state index is 0.194. The summed E-state index contributed by atoms with van der Waals surface area (Å²) in [5.41, 5.74) is 7.89. The van der Waals surface area contributed by atoms with Gasteiger partial charge in [-0.25, -0.2) is 4.68 Å². The minimum Gasteiger partial charge on any atom is -0.370 e. The Morgan fingerprint density at radius 3 is 2.46 bits per heavy atom. The summed E-state index contributed by atoms with van der Waals surface area (Å²) in [5.74, 6) is 0.877. The van der Waals surface area contributed by atoms with Gasteiger partial charge in [0.15, 0.2) is 0 Å². The van der Waals surface area contributed by atoms with E-state index in [9.17, 15) is 19.2 Å². The molecule has 0 bridgehead atoms. The zero-order chi connectivity index (χ0) is 28.2. The van der Waals surface area contributed by atoms with Gasteiger partial charge in [-0.3, -0.25) is 29.4 Å². The molecular weight excluding hydrogens is 522 g/mol. The number of piperazine rings is 1. The van der Waals surface area contributed by atoms with E-state index in [0.29, 0.717) is 28.7 Å². The van der Waals surface area contributed by atoms with Gasteiger partial charge in [-0.1, -0.05) is 12.1 Å². The first-order valence-electron chi connectivity index (χ1n) is 14.3. The van der Waals surface area contributed by atoms with Gasteiger partial charge in [0, 0.05) is 69.0 Å². The number of rotatable bonds is 6. The summed E-state index contributed by atoms with van der Waals surface area (Å²) in [6.45, 7) is 6.86. The molecule has 2 aromatic carbocycles. The second kappa shape index (κ2) is 9.99. The molecule has 11 nitrogen and oxygen atoms in total. The van der Waals surface area contributed by atoms with Crippen LogP contribution in [0.25, 0.3) is 10.8 Å². The molecule has 212 valence electrons. The van der Waals surface area contributed by atoms with Crippen molar-refractivity contribution >= 4 is 39.9 Å². The maximum Gasteiger partial charge on any atom is 0.275 e. The minimum atomic E-state index is -0.766. The SMILES string of the molecule is NC(=O)c1ccccc1N1C[C@@H]2C(CN3CCN(c4ccc5c(=O)n(C6CCC(=O)NC6=O)ncc5c4)CC3)[C@@H]2C1. The summed E-state index contributed by atoms with van der Waals surface area (Å²) in [6.07, 6.45) is 2.10. The molecule has 0 radical (unpaired) electrons. The lowest BCUT2D eigenvalue weighted by Gasteiger charge is -2.36. The first-order chi connectivity index (χ1) is 19.9. The number of carbonyl (C=O) groups excluding carboxylic acids is 3. The van der Waals surface area contributed by atoms with E-state index in [4.69, 9.17) is 5.73 Å². The summed E-state index contributed by atoms with van der Waals surface area (Å²) in [5, 5.41) is 7.84. The van der Waals surface area contributed by atoms with Gasteiger partial charge in [0.05, 0.1) is 17.1 Å². The van der Waals surface area contributed by atoms with Gasteiger partial charge in [-0.2, -0.15) is 5.10 Å². The average Bonchev–Trinajstić information content (AvgIpc) is 3.40. The van der Waals surface area contributed by atoms with E-state index in [2.05, 4.69) is 25.1 Å². The van der Waals surface area contributed by atoms with E-state index in [1.165, 1.54) is 4.68 Å². The highest BCUT2D eigenvalue weighted by atomic mass is 16.2. The zero-order valence-corrected chi connectivity index (χ0v) is 22.7. The number of hydrogen-bond acceptors (Lipinski definition) is 8. The van der Waals surface area contributed by atoms with Crippen molar-refractivity contribution in [3.05, 3.63) is 64.6 Å². The predicted octanol–water partition coefficient (Wildman–Crippen LogP) is 0.978. The number of carbonyl (C=O) groups is 3. The van der Waals surface area contributed by atoms with Gasteiger partial charge in [0.25, 0.3) is 17.4 Å². The largest absolute Gasteiger partial charge is 0.370 e. The number of piperidine rings is 2. The lowest BCUT2D eigenvalue weighted by molar-refractivity contribution is -0.136. The lowest BCUT2D eigenvalue weighted by atomic mass is 10.1. The van der Waals surface area contributed by atoms with Gasteiger partial charge < -0.3 is 15.5 Å². The van der Waals surface area contributed by atoms with Crippen LogP contribution in [0.5, 0.6) is 0 Å². The number of anilines is 2. The van der Waals surface area contributed by atoms with Gasteiger partial charge in [-0.05, 0) is 54.5 Å². The van der Waals surface area contributed by atoms with E-state index in [1.54, 1.807) is 6.20 Å². The monoisotopic (exact) mass is 555 g/mol. The van der Waals surface area contributed by atoms with Crippen LogP contribution in [0, 0.1) is 17.8 Å². The smallest absolute Gasteiger partial charge is 0.275 e. The normalized spacial score (nSPS) is 26.2. The zero-order valence-electron chi connectivity index (χ0n) is 22.7. The van der Waals surface area contributed by atoms with E-state index < -0.39 is 11.9 Å². The summed E-state index contributed by atoms with van der Waals surface area (Å²) in [4.78, 5) is 55.9. The topological polar surface area (TPSA) is 134 Å². The van der Waals surface area contributed by atoms with Crippen molar-refractivity contribution in [1.82, 2.24) is 20.0 Å². The summed E-state index contributed by atoms with van der Waals surface area (Å²) in [7, 11) is 0. The molecule has 4 aliphatic rings. The summed E-state index contributed by atoms with van der Waals surface area (Å²) < 4.78 is 1.20. The number of para-hydroxylation sites is 1. The maximum atomic E-state index is 13.1. The summed E-state index contributed by atoms with van der Waals surface area (Å²) in [6, 6.07) is 12.6. The number of benzene rings is 2. The van der Waals surface area contributed by atoms with Crippen molar-refractivity contribution in [1.29, 1.82) is 0 Å². The molecule has 41 heavy (non-hydrogen) atoms. The van der Waals surface area contributed by atoms with Crippen LogP contribution in [0.1, 0.15) is 29.2 Å². The molecule has 4 fully saturated rings. The Kier molecular flexibility index (Phi) is 6.26. The first-order valence-corrected chi connectivity index (χ1v) is 14.3. The van der Waals surface area contributed by atoms with Crippen molar-refractivity contribution in [3.63, 3.8) is 0 Å². The molecule has 3 saturated heterocycles. The number of nitrogens with one attached hydrogen (secondary N) is 1. The van der Waals surface area contributed by atoms with Crippen LogP contribution >= 0.6 is 0 Å². The fourth-order valence-electron chi connectivity index (χ4n) is 7.05. The van der Waals surface area contributed by atoms with Crippen LogP contribution < -0.4 is 26.4 Å². The Morgan fingerprint density at radius 2 is 1.73 bits per heavy atom. The molecule has 4 atom stereocenters. The second-order valence-electron chi connectivity index (χ2n) is 11.7. The highest BCUT2D eigenvalue weighted by Gasteiger charge is 2.56. The number of amides is 3. The molecule has 3 N–H and O–H groups in total. The maximum absolute atomic E-state index is 13.1. The summed E-state index contributed by atoms with van der Waals surface area (Å²) >= 11 is 0. The molecule has 3 amide bonds. The lowest BCUT2D eigenvalue weighted by Crippen LogP contribution is -2.47. The Balaban J connectivity index is 0.950. The molecule has 7 rings (SSSR count). The van der Waals surface area contributed by atoms with Crippen LogP contribution in [0.15, 0.2) is 53.5 Å². The first kappa shape index (κ1) is 25.7. The van der Waals surface area contributed by atoms with E-state index in [1.807, 2.05) is 42.5 Å². The molecule has 1 saturated carbocycles. The molecule has 2 unspecified atom stereocenters. The molecule has 4 heterocycles. The Morgan fingerprint density at radius 1 is 0.976 bits per heavy atom. The Labute approximate surface area is 236 Å². The average molecular weight is 556 g/mol. The number of primary amides is 1. The predicted molar refractivity (Wildman–Crippen MR) is 154 cm³/mol. The quantitative estimate of drug-likeness (QED) is 0.430. The molecule has 1 aliphatic carbocycles. The highest BCUT2D eigenvalue weighted by molar-refractivity contribution is 6.00. The van der Waals surface area contributed by atoms with Crippen LogP contribution in [-0.4, -0.2) is 78.2 Å². The van der Waals surface area contributed by atoms with Gasteiger partial charge in [0.2, 0.25) is 5.91 Å². The fraction of sp³-hybridized carbons (Fsp3) is 0.433.